The summed E-state index contributed by atoms with van der Waals surface area (Å²) in [6.07, 6.45) is 1.77. The van der Waals surface area contributed by atoms with Crippen LogP contribution < -0.4 is 14.8 Å². The maximum atomic E-state index is 12.2. The summed E-state index contributed by atoms with van der Waals surface area (Å²) >= 11 is 1.53. The van der Waals surface area contributed by atoms with Gasteiger partial charge in [-0.2, -0.15) is 8.78 Å². The van der Waals surface area contributed by atoms with Gasteiger partial charge < -0.3 is 14.8 Å². The molecule has 0 aliphatic rings. The molecule has 2 rings (SSSR count). The van der Waals surface area contributed by atoms with Gasteiger partial charge in [-0.1, -0.05) is 0 Å². The Balaban J connectivity index is 2.05. The summed E-state index contributed by atoms with van der Waals surface area (Å²) in [6, 6.07) is 4.71. The molecule has 0 aliphatic heterocycles. The number of hydrogen-bond acceptors (Lipinski definition) is 5. The molecule has 0 saturated heterocycles. The van der Waals surface area contributed by atoms with Crippen molar-refractivity contribution in [2.75, 3.05) is 12.4 Å². The van der Waals surface area contributed by atoms with E-state index in [2.05, 4.69) is 15.0 Å². The van der Waals surface area contributed by atoms with Gasteiger partial charge in [-0.15, -0.1) is 11.3 Å². The van der Waals surface area contributed by atoms with Crippen LogP contribution in [-0.2, 0) is 6.54 Å². The van der Waals surface area contributed by atoms with Crippen molar-refractivity contribution < 1.29 is 18.3 Å². The third-order valence-corrected chi connectivity index (χ3v) is 3.11. The molecule has 102 valence electrons. The lowest BCUT2D eigenvalue weighted by Gasteiger charge is -2.12. The van der Waals surface area contributed by atoms with Crippen LogP contribution >= 0.6 is 11.3 Å². The van der Waals surface area contributed by atoms with Gasteiger partial charge in [0.2, 0.25) is 0 Å². The van der Waals surface area contributed by atoms with E-state index in [0.29, 0.717) is 6.54 Å². The van der Waals surface area contributed by atoms with Gasteiger partial charge in [0.25, 0.3) is 0 Å². The summed E-state index contributed by atoms with van der Waals surface area (Å²) in [4.78, 5) is 5.04. The highest BCUT2D eigenvalue weighted by Gasteiger charge is 2.10. The molecule has 0 atom stereocenters. The molecule has 2 aromatic rings. The molecule has 1 aromatic carbocycles. The Bertz CT molecular complexity index is 520. The van der Waals surface area contributed by atoms with Crippen LogP contribution in [0.25, 0.3) is 0 Å². The Hall–Kier alpha value is -1.89. The fourth-order valence-corrected chi connectivity index (χ4v) is 2.02. The third-order valence-electron chi connectivity index (χ3n) is 2.33. The van der Waals surface area contributed by atoms with E-state index in [1.54, 1.807) is 23.8 Å². The Morgan fingerprint density at radius 1 is 1.37 bits per heavy atom. The van der Waals surface area contributed by atoms with Gasteiger partial charge in [0, 0.05) is 22.8 Å². The number of methoxy groups -OCH3 is 1. The van der Waals surface area contributed by atoms with Crippen molar-refractivity contribution in [1.82, 2.24) is 4.98 Å². The monoisotopic (exact) mass is 286 g/mol. The SMILES string of the molecule is COc1cc(NCc2cncs2)ccc1OC(F)F. The van der Waals surface area contributed by atoms with E-state index in [9.17, 15) is 8.78 Å². The minimum Gasteiger partial charge on any atom is -0.493 e. The average Bonchev–Trinajstić information content (AvgIpc) is 2.90. The Labute approximate surface area is 113 Å². The molecule has 19 heavy (non-hydrogen) atoms. The fraction of sp³-hybridized carbons (Fsp3) is 0.250. The van der Waals surface area contributed by atoms with Crippen LogP contribution in [0.2, 0.25) is 0 Å². The summed E-state index contributed by atoms with van der Waals surface area (Å²) in [5, 5.41) is 3.15. The molecule has 0 radical (unpaired) electrons. The van der Waals surface area contributed by atoms with E-state index in [1.165, 1.54) is 24.5 Å². The van der Waals surface area contributed by atoms with Gasteiger partial charge >= 0.3 is 6.61 Å². The summed E-state index contributed by atoms with van der Waals surface area (Å²) in [7, 11) is 1.40. The van der Waals surface area contributed by atoms with E-state index >= 15 is 0 Å². The van der Waals surface area contributed by atoms with Crippen molar-refractivity contribution >= 4 is 17.0 Å². The number of benzene rings is 1. The number of anilines is 1. The number of alkyl halides is 2. The highest BCUT2D eigenvalue weighted by Crippen LogP contribution is 2.31. The summed E-state index contributed by atoms with van der Waals surface area (Å²) in [6.45, 7) is -2.26. The number of rotatable bonds is 6. The second-order valence-electron chi connectivity index (χ2n) is 3.57. The molecular formula is C12H12F2N2O2S. The van der Waals surface area contributed by atoms with Crippen molar-refractivity contribution in [3.8, 4) is 11.5 Å². The number of hydrogen-bond donors (Lipinski definition) is 1. The highest BCUT2D eigenvalue weighted by atomic mass is 32.1. The predicted octanol–water partition coefficient (Wildman–Crippen LogP) is 3.37. The highest BCUT2D eigenvalue weighted by molar-refractivity contribution is 7.09. The van der Waals surface area contributed by atoms with Crippen LogP contribution in [0.15, 0.2) is 29.9 Å². The molecule has 0 bridgehead atoms. The van der Waals surface area contributed by atoms with Crippen molar-refractivity contribution in [3.05, 3.63) is 34.8 Å². The lowest BCUT2D eigenvalue weighted by molar-refractivity contribution is -0.0512. The normalized spacial score (nSPS) is 10.5. The van der Waals surface area contributed by atoms with Crippen LogP contribution in [0, 0.1) is 0 Å². The molecule has 4 nitrogen and oxygen atoms in total. The van der Waals surface area contributed by atoms with Crippen LogP contribution in [0.4, 0.5) is 14.5 Å². The zero-order valence-electron chi connectivity index (χ0n) is 10.1. The van der Waals surface area contributed by atoms with Crippen LogP contribution in [0.1, 0.15) is 4.88 Å². The molecule has 1 aromatic heterocycles. The lowest BCUT2D eigenvalue weighted by atomic mass is 10.2. The molecule has 0 fully saturated rings. The molecule has 0 unspecified atom stereocenters. The second-order valence-corrected chi connectivity index (χ2v) is 4.54. The van der Waals surface area contributed by atoms with Crippen molar-refractivity contribution in [2.45, 2.75) is 13.2 Å². The van der Waals surface area contributed by atoms with Gasteiger partial charge in [0.05, 0.1) is 19.2 Å². The molecule has 7 heteroatoms. The molecule has 0 saturated carbocycles. The minimum absolute atomic E-state index is 0.0147. The van der Waals surface area contributed by atoms with E-state index < -0.39 is 6.61 Å². The largest absolute Gasteiger partial charge is 0.493 e. The fourth-order valence-electron chi connectivity index (χ4n) is 1.49. The van der Waals surface area contributed by atoms with Crippen molar-refractivity contribution in [3.63, 3.8) is 0 Å². The molecule has 0 aliphatic carbocycles. The zero-order chi connectivity index (χ0) is 13.7. The van der Waals surface area contributed by atoms with Gasteiger partial charge in [-0.05, 0) is 12.1 Å². The number of aromatic nitrogens is 1. The topological polar surface area (TPSA) is 43.4 Å². The van der Waals surface area contributed by atoms with Gasteiger partial charge in [0.1, 0.15) is 0 Å². The maximum absolute atomic E-state index is 12.2. The standard InChI is InChI=1S/C12H12F2N2O2S/c1-17-11-4-8(2-3-10(11)18-12(13)14)16-6-9-5-15-7-19-9/h2-5,7,12,16H,6H2,1H3. The van der Waals surface area contributed by atoms with Crippen molar-refractivity contribution in [2.24, 2.45) is 0 Å². The van der Waals surface area contributed by atoms with E-state index in [4.69, 9.17) is 4.74 Å². The smallest absolute Gasteiger partial charge is 0.387 e. The minimum atomic E-state index is -2.87. The molecule has 1 N–H and O–H groups in total. The predicted molar refractivity (Wildman–Crippen MR) is 69.1 cm³/mol. The quantitative estimate of drug-likeness (QED) is 0.884. The number of ether oxygens (including phenoxy) is 2. The van der Waals surface area contributed by atoms with Gasteiger partial charge in [-0.25, -0.2) is 0 Å². The van der Waals surface area contributed by atoms with Gasteiger partial charge in [-0.3, -0.25) is 4.98 Å². The van der Waals surface area contributed by atoms with Crippen LogP contribution in [0.5, 0.6) is 11.5 Å². The number of halogens is 2. The maximum Gasteiger partial charge on any atom is 0.387 e. The van der Waals surface area contributed by atoms with E-state index in [0.717, 1.165) is 10.6 Å². The third kappa shape index (κ3) is 3.78. The van der Waals surface area contributed by atoms with Gasteiger partial charge in [0.15, 0.2) is 11.5 Å². The summed E-state index contributed by atoms with van der Waals surface area (Å²) < 4.78 is 33.7. The molecular weight excluding hydrogens is 274 g/mol. The van der Waals surface area contributed by atoms with E-state index in [-0.39, 0.29) is 11.5 Å². The molecule has 1 heterocycles. The second kappa shape index (κ2) is 6.33. The molecule has 0 amide bonds. The number of nitrogens with one attached hydrogen (secondary N) is 1. The zero-order valence-corrected chi connectivity index (χ0v) is 10.9. The number of thiazole rings is 1. The first-order chi connectivity index (χ1) is 9.19. The Morgan fingerprint density at radius 2 is 2.21 bits per heavy atom. The van der Waals surface area contributed by atoms with Crippen molar-refractivity contribution in [1.29, 1.82) is 0 Å². The van der Waals surface area contributed by atoms with Crippen LogP contribution in [0.3, 0.4) is 0 Å². The first kappa shape index (κ1) is 13.5. The average molecular weight is 286 g/mol. The molecule has 0 spiro atoms. The van der Waals surface area contributed by atoms with E-state index in [1.807, 2.05) is 0 Å². The lowest BCUT2D eigenvalue weighted by Crippen LogP contribution is -2.04. The summed E-state index contributed by atoms with van der Waals surface area (Å²) in [5.41, 5.74) is 2.50. The first-order valence-corrected chi connectivity index (χ1v) is 6.31. The first-order valence-electron chi connectivity index (χ1n) is 5.43. The number of nitrogens with zero attached hydrogens (tertiary/aromatic N) is 1. The Kier molecular flexibility index (Phi) is 4.51. The van der Waals surface area contributed by atoms with Crippen LogP contribution in [-0.4, -0.2) is 18.7 Å². The summed E-state index contributed by atoms with van der Waals surface area (Å²) in [5.74, 6) is 0.274. The Morgan fingerprint density at radius 3 is 2.84 bits per heavy atom.